The number of phosphoric ester groups is 1. The van der Waals surface area contributed by atoms with Crippen molar-refractivity contribution in [2.24, 2.45) is 0 Å². The van der Waals surface area contributed by atoms with Crippen LogP contribution >= 0.6 is 7.82 Å². The van der Waals surface area contributed by atoms with Crippen molar-refractivity contribution in [3.05, 3.63) is 12.7 Å². The van der Waals surface area contributed by atoms with Crippen LogP contribution in [0.3, 0.4) is 0 Å². The highest BCUT2D eigenvalue weighted by atomic mass is 31.2. The molecule has 2 aromatic heterocycles. The van der Waals surface area contributed by atoms with E-state index >= 15 is 0 Å². The summed E-state index contributed by atoms with van der Waals surface area (Å²) in [6.45, 7) is 0.558. The van der Waals surface area contributed by atoms with E-state index in [0.717, 1.165) is 7.11 Å². The Morgan fingerprint density at radius 2 is 1.87 bits per heavy atom. The first kappa shape index (κ1) is 19.4. The number of nitrogens with two attached hydrogens (primary N) is 1. The molecule has 0 saturated carbocycles. The molecule has 130 valence electrons. The molecule has 7 N–H and O–H groups in total. The number of aromatic amines is 1. The topological polar surface area (TPSA) is 197 Å². The molecule has 1 saturated heterocycles. The zero-order valence-corrected chi connectivity index (χ0v) is 13.0. The van der Waals surface area contributed by atoms with Crippen LogP contribution in [0.4, 0.5) is 5.82 Å². The Balaban J connectivity index is 0.000000181. The van der Waals surface area contributed by atoms with Crippen molar-refractivity contribution in [1.29, 1.82) is 0 Å². The van der Waals surface area contributed by atoms with Gasteiger partial charge in [0, 0.05) is 7.11 Å². The first-order chi connectivity index (χ1) is 10.7. The van der Waals surface area contributed by atoms with E-state index in [-0.39, 0.29) is 13.2 Å². The maximum Gasteiger partial charge on any atom is 0.469 e. The van der Waals surface area contributed by atoms with Gasteiger partial charge in [-0.05, 0) is 0 Å². The summed E-state index contributed by atoms with van der Waals surface area (Å²) in [4.78, 5) is 29.8. The lowest BCUT2D eigenvalue weighted by molar-refractivity contribution is 0.0572. The lowest BCUT2D eigenvalue weighted by Crippen LogP contribution is -2.22. The summed E-state index contributed by atoms with van der Waals surface area (Å²) >= 11 is 0. The van der Waals surface area contributed by atoms with Crippen LogP contribution < -0.4 is 5.73 Å². The number of aliphatic hydroxyl groups is 2. The van der Waals surface area contributed by atoms with Crippen LogP contribution in [0.15, 0.2) is 12.7 Å². The van der Waals surface area contributed by atoms with E-state index in [9.17, 15) is 4.57 Å². The average molecular weight is 351 g/mol. The largest absolute Gasteiger partial charge is 0.469 e. The minimum Gasteiger partial charge on any atom is -0.388 e. The zero-order chi connectivity index (χ0) is 17.5. The minimum absolute atomic E-state index is 0.279. The highest BCUT2D eigenvalue weighted by Crippen LogP contribution is 2.33. The zero-order valence-electron chi connectivity index (χ0n) is 12.1. The van der Waals surface area contributed by atoms with Gasteiger partial charge in [-0.2, -0.15) is 0 Å². The number of anilines is 1. The fourth-order valence-corrected chi connectivity index (χ4v) is 1.32. The van der Waals surface area contributed by atoms with Gasteiger partial charge in [0.05, 0.1) is 19.5 Å². The Hall–Kier alpha value is -1.66. The van der Waals surface area contributed by atoms with Gasteiger partial charge in [-0.3, -0.25) is 4.52 Å². The molecule has 23 heavy (non-hydrogen) atoms. The standard InChI is InChI=1S/C5H5N5.C4H8O3.CH5O4P/c6-4-3-5(9-1-7-3)10-2-8-4;5-3-1-7-2-4(3)6;1-5-6(2,3)4/h1-2H,(H3,6,7,8,9,10);3-6H,1-2H2;1H3,(H2,2,3,4). The SMILES string of the molecule is COP(=O)(O)O.Nc1ncnc2nc[nH]c12.OC1COCC1O. The summed E-state index contributed by atoms with van der Waals surface area (Å²) in [6, 6.07) is 0. The van der Waals surface area contributed by atoms with Gasteiger partial charge in [-0.25, -0.2) is 19.5 Å². The van der Waals surface area contributed by atoms with Crippen molar-refractivity contribution in [3.63, 3.8) is 0 Å². The summed E-state index contributed by atoms with van der Waals surface area (Å²) in [5.74, 6) is 0.433. The monoisotopic (exact) mass is 351 g/mol. The van der Waals surface area contributed by atoms with Crippen LogP contribution in [0.1, 0.15) is 0 Å². The predicted octanol–water partition coefficient (Wildman–Crippen LogP) is -1.60. The number of aromatic nitrogens is 4. The summed E-state index contributed by atoms with van der Waals surface area (Å²) in [7, 11) is -3.20. The van der Waals surface area contributed by atoms with Gasteiger partial charge in [0.25, 0.3) is 0 Å². The molecule has 2 aromatic rings. The second kappa shape index (κ2) is 8.84. The fraction of sp³-hybridized carbons (Fsp3) is 0.500. The second-order valence-electron chi connectivity index (χ2n) is 4.21. The third kappa shape index (κ3) is 6.97. The van der Waals surface area contributed by atoms with Crippen LogP contribution in [0.25, 0.3) is 11.2 Å². The number of hydrogen-bond acceptors (Lipinski definition) is 9. The quantitative estimate of drug-likeness (QED) is 0.323. The number of imidazole rings is 1. The predicted molar refractivity (Wildman–Crippen MR) is 78.0 cm³/mol. The Bertz CT molecular complexity index is 639. The molecule has 0 bridgehead atoms. The maximum absolute atomic E-state index is 9.47. The number of H-pyrrole nitrogens is 1. The first-order valence-corrected chi connectivity index (χ1v) is 7.72. The molecule has 0 aromatic carbocycles. The molecule has 13 heteroatoms. The van der Waals surface area contributed by atoms with Gasteiger partial charge in [-0.1, -0.05) is 0 Å². The number of hydrogen-bond donors (Lipinski definition) is 6. The molecule has 1 aliphatic heterocycles. The number of aliphatic hydroxyl groups excluding tert-OH is 2. The molecule has 1 fully saturated rings. The van der Waals surface area contributed by atoms with Crippen molar-refractivity contribution in [1.82, 2.24) is 19.9 Å². The minimum atomic E-state index is -4.15. The van der Waals surface area contributed by atoms with Crippen molar-refractivity contribution in [2.45, 2.75) is 12.2 Å². The maximum atomic E-state index is 9.47. The van der Waals surface area contributed by atoms with Crippen LogP contribution in [0, 0.1) is 0 Å². The smallest absolute Gasteiger partial charge is 0.388 e. The van der Waals surface area contributed by atoms with E-state index < -0.39 is 20.0 Å². The van der Waals surface area contributed by atoms with Gasteiger partial charge < -0.3 is 35.5 Å². The number of nitrogen functional groups attached to an aromatic ring is 1. The molecule has 2 atom stereocenters. The van der Waals surface area contributed by atoms with E-state index in [4.69, 9.17) is 25.7 Å². The van der Waals surface area contributed by atoms with Crippen molar-refractivity contribution < 1.29 is 33.8 Å². The van der Waals surface area contributed by atoms with Crippen LogP contribution in [0.2, 0.25) is 0 Å². The van der Waals surface area contributed by atoms with Gasteiger partial charge >= 0.3 is 7.82 Å². The highest BCUT2D eigenvalue weighted by Gasteiger charge is 2.22. The summed E-state index contributed by atoms with van der Waals surface area (Å²) < 4.78 is 17.7. The summed E-state index contributed by atoms with van der Waals surface area (Å²) in [5, 5.41) is 17.2. The molecule has 0 aliphatic carbocycles. The lowest BCUT2D eigenvalue weighted by Gasteiger charge is -2.00. The molecular formula is C10H18N5O7P. The first-order valence-electron chi connectivity index (χ1n) is 6.19. The molecule has 0 amide bonds. The van der Waals surface area contributed by atoms with Crippen LogP contribution in [-0.2, 0) is 13.8 Å². The van der Waals surface area contributed by atoms with Crippen molar-refractivity contribution in [3.8, 4) is 0 Å². The molecule has 12 nitrogen and oxygen atoms in total. The van der Waals surface area contributed by atoms with Gasteiger partial charge in [0.2, 0.25) is 0 Å². The molecular weight excluding hydrogens is 333 g/mol. The van der Waals surface area contributed by atoms with Gasteiger partial charge in [0.1, 0.15) is 24.1 Å². The van der Waals surface area contributed by atoms with E-state index in [1.807, 2.05) is 0 Å². The third-order valence-electron chi connectivity index (χ3n) is 2.51. The van der Waals surface area contributed by atoms with E-state index in [1.165, 1.54) is 12.7 Å². The Morgan fingerprint density at radius 3 is 2.26 bits per heavy atom. The number of nitrogens with zero attached hydrogens (tertiary/aromatic N) is 3. The molecule has 3 heterocycles. The van der Waals surface area contributed by atoms with E-state index in [0.29, 0.717) is 17.0 Å². The number of rotatable bonds is 1. The lowest BCUT2D eigenvalue weighted by atomic mass is 10.3. The molecule has 0 radical (unpaired) electrons. The third-order valence-corrected chi connectivity index (χ3v) is 2.99. The normalized spacial score (nSPS) is 20.4. The summed E-state index contributed by atoms with van der Waals surface area (Å²) in [6.07, 6.45) is 1.62. The second-order valence-corrected chi connectivity index (χ2v) is 5.55. The van der Waals surface area contributed by atoms with Crippen LogP contribution in [-0.4, -0.2) is 72.5 Å². The Kier molecular flexibility index (Phi) is 7.45. The molecule has 0 spiro atoms. The summed E-state index contributed by atoms with van der Waals surface area (Å²) in [5.41, 5.74) is 6.78. The average Bonchev–Trinajstić information content (AvgIpc) is 3.10. The van der Waals surface area contributed by atoms with Crippen LogP contribution in [0.5, 0.6) is 0 Å². The van der Waals surface area contributed by atoms with Gasteiger partial charge in [0.15, 0.2) is 11.5 Å². The van der Waals surface area contributed by atoms with Crippen molar-refractivity contribution in [2.75, 3.05) is 26.1 Å². The number of fused-ring (bicyclic) bond motifs is 1. The van der Waals surface area contributed by atoms with Gasteiger partial charge in [-0.15, -0.1) is 0 Å². The molecule has 1 aliphatic rings. The Morgan fingerprint density at radius 1 is 1.30 bits per heavy atom. The number of nitrogens with one attached hydrogen (secondary N) is 1. The fourth-order valence-electron chi connectivity index (χ4n) is 1.32. The number of ether oxygens (including phenoxy) is 1. The molecule has 2 unspecified atom stereocenters. The molecule has 3 rings (SSSR count). The number of phosphoric acid groups is 1. The highest BCUT2D eigenvalue weighted by molar-refractivity contribution is 7.46. The Labute approximate surface area is 130 Å². The van der Waals surface area contributed by atoms with E-state index in [1.54, 1.807) is 0 Å². The van der Waals surface area contributed by atoms with E-state index in [2.05, 4.69) is 29.2 Å². The van der Waals surface area contributed by atoms with Crippen molar-refractivity contribution >= 4 is 24.8 Å².